The fourth-order valence-electron chi connectivity index (χ4n) is 2.10. The normalized spacial score (nSPS) is 11.4. The predicted molar refractivity (Wildman–Crippen MR) is 64.1 cm³/mol. The van der Waals surface area contributed by atoms with Crippen molar-refractivity contribution < 1.29 is 8.78 Å². The molecule has 1 aromatic carbocycles. The van der Waals surface area contributed by atoms with Crippen molar-refractivity contribution in [2.45, 2.75) is 46.5 Å². The van der Waals surface area contributed by atoms with Crippen LogP contribution in [0, 0.1) is 39.0 Å². The van der Waals surface area contributed by atoms with Gasteiger partial charge in [-0.2, -0.15) is 5.26 Å². The molecule has 3 heteroatoms. The molecule has 0 aliphatic rings. The van der Waals surface area contributed by atoms with Gasteiger partial charge in [-0.3, -0.25) is 0 Å². The van der Waals surface area contributed by atoms with Crippen LogP contribution in [0.5, 0.6) is 0 Å². The second-order valence-corrected chi connectivity index (χ2v) is 4.50. The maximum Gasteiger partial charge on any atom is 0.274 e. The van der Waals surface area contributed by atoms with Gasteiger partial charge in [0.15, 0.2) is 0 Å². The van der Waals surface area contributed by atoms with E-state index in [4.69, 9.17) is 5.26 Å². The van der Waals surface area contributed by atoms with Crippen LogP contribution in [-0.4, -0.2) is 0 Å². The van der Waals surface area contributed by atoms with Crippen LogP contribution in [0.4, 0.5) is 8.78 Å². The summed E-state index contributed by atoms with van der Waals surface area (Å²) in [5.41, 5.74) is 3.12. The molecule has 0 aromatic heterocycles. The number of alkyl halides is 2. The van der Waals surface area contributed by atoms with E-state index in [2.05, 4.69) is 0 Å². The first-order valence-corrected chi connectivity index (χ1v) is 5.64. The monoisotopic (exact) mass is 237 g/mol. The molecule has 1 aromatic rings. The van der Waals surface area contributed by atoms with Crippen LogP contribution < -0.4 is 0 Å². The Hall–Kier alpha value is -1.43. The molecule has 92 valence electrons. The second kappa shape index (κ2) is 4.83. The summed E-state index contributed by atoms with van der Waals surface area (Å²) in [7, 11) is 0. The summed E-state index contributed by atoms with van der Waals surface area (Å²) in [5, 5.41) is 8.44. The third-order valence-corrected chi connectivity index (χ3v) is 3.28. The molecule has 0 aliphatic heterocycles. The summed E-state index contributed by atoms with van der Waals surface area (Å²) in [5.74, 6) is -2.92. The quantitative estimate of drug-likeness (QED) is 0.768. The Kier molecular flexibility index (Phi) is 3.87. The molecule has 0 fully saturated rings. The summed E-state index contributed by atoms with van der Waals surface area (Å²) >= 11 is 0. The number of hydrogen-bond acceptors (Lipinski definition) is 1. The lowest BCUT2D eigenvalue weighted by Gasteiger charge is -2.23. The van der Waals surface area contributed by atoms with Gasteiger partial charge < -0.3 is 0 Å². The highest BCUT2D eigenvalue weighted by atomic mass is 19.3. The summed E-state index contributed by atoms with van der Waals surface area (Å²) in [6.45, 7) is 7.12. The topological polar surface area (TPSA) is 23.8 Å². The molecule has 17 heavy (non-hydrogen) atoms. The van der Waals surface area contributed by atoms with Gasteiger partial charge in [-0.05, 0) is 49.9 Å². The van der Waals surface area contributed by atoms with Crippen molar-refractivity contribution in [3.05, 3.63) is 33.9 Å². The zero-order chi connectivity index (χ0) is 13.2. The van der Waals surface area contributed by atoms with Crippen LogP contribution in [0.25, 0.3) is 0 Å². The van der Waals surface area contributed by atoms with Gasteiger partial charge >= 0.3 is 0 Å². The molecule has 0 saturated heterocycles. The van der Waals surface area contributed by atoms with Crippen LogP contribution in [0.1, 0.15) is 40.7 Å². The van der Waals surface area contributed by atoms with E-state index in [0.29, 0.717) is 11.1 Å². The Morgan fingerprint density at radius 3 is 2.00 bits per heavy atom. The second-order valence-electron chi connectivity index (χ2n) is 4.50. The van der Waals surface area contributed by atoms with E-state index >= 15 is 0 Å². The number of nitriles is 1. The molecule has 0 spiro atoms. The summed E-state index contributed by atoms with van der Waals surface area (Å²) in [4.78, 5) is 0. The fraction of sp³-hybridized carbons (Fsp3) is 0.500. The van der Waals surface area contributed by atoms with Crippen molar-refractivity contribution in [2.24, 2.45) is 0 Å². The Balaban J connectivity index is 3.35. The number of nitrogens with zero attached hydrogens (tertiary/aromatic N) is 1. The zero-order valence-corrected chi connectivity index (χ0v) is 10.7. The smallest absolute Gasteiger partial charge is 0.201 e. The molecule has 0 radical (unpaired) electrons. The van der Waals surface area contributed by atoms with E-state index in [9.17, 15) is 8.78 Å². The highest BCUT2D eigenvalue weighted by Crippen LogP contribution is 2.39. The van der Waals surface area contributed by atoms with Crippen molar-refractivity contribution >= 4 is 0 Å². The van der Waals surface area contributed by atoms with E-state index in [0.717, 1.165) is 11.1 Å². The lowest BCUT2D eigenvalue weighted by Crippen LogP contribution is -2.18. The van der Waals surface area contributed by atoms with E-state index in [1.54, 1.807) is 19.9 Å². The fourth-order valence-corrected chi connectivity index (χ4v) is 2.10. The van der Waals surface area contributed by atoms with E-state index in [1.165, 1.54) is 0 Å². The number of benzene rings is 1. The minimum atomic E-state index is -2.92. The Morgan fingerprint density at radius 2 is 1.59 bits per heavy atom. The highest BCUT2D eigenvalue weighted by Gasteiger charge is 2.35. The average Bonchev–Trinajstić information content (AvgIpc) is 2.24. The molecule has 0 aliphatic carbocycles. The molecule has 0 heterocycles. The van der Waals surface area contributed by atoms with Gasteiger partial charge in [-0.1, -0.05) is 6.07 Å². The van der Waals surface area contributed by atoms with Crippen LogP contribution in [0.3, 0.4) is 0 Å². The first kappa shape index (κ1) is 13.6. The third kappa shape index (κ3) is 2.63. The molecule has 0 amide bonds. The van der Waals surface area contributed by atoms with E-state index in [1.807, 2.05) is 19.9 Å². The van der Waals surface area contributed by atoms with Gasteiger partial charge in [0.05, 0.1) is 6.07 Å². The van der Waals surface area contributed by atoms with E-state index < -0.39 is 12.3 Å². The Labute approximate surface area is 101 Å². The van der Waals surface area contributed by atoms with Gasteiger partial charge in [0.1, 0.15) is 0 Å². The zero-order valence-electron chi connectivity index (χ0n) is 10.7. The molecular formula is C14H17F2N. The molecule has 0 atom stereocenters. The number of hydrogen-bond donors (Lipinski definition) is 0. The summed E-state index contributed by atoms with van der Waals surface area (Å²) in [6, 6.07) is 3.71. The Bertz CT molecular complexity index is 444. The molecule has 0 bridgehead atoms. The third-order valence-electron chi connectivity index (χ3n) is 3.28. The minimum Gasteiger partial charge on any atom is -0.201 e. The maximum absolute atomic E-state index is 14.1. The molecule has 0 N–H and O–H groups in total. The minimum absolute atomic E-state index is 0.102. The largest absolute Gasteiger partial charge is 0.274 e. The van der Waals surface area contributed by atoms with Crippen molar-refractivity contribution in [3.63, 3.8) is 0 Å². The van der Waals surface area contributed by atoms with Gasteiger partial charge in [0, 0.05) is 18.4 Å². The summed E-state index contributed by atoms with van der Waals surface area (Å²) < 4.78 is 28.1. The molecule has 0 unspecified atom stereocenters. The van der Waals surface area contributed by atoms with Crippen LogP contribution in [-0.2, 0) is 5.92 Å². The predicted octanol–water partition coefficient (Wildman–Crippen LogP) is 4.32. The first-order chi connectivity index (χ1) is 7.81. The van der Waals surface area contributed by atoms with Crippen molar-refractivity contribution in [2.75, 3.05) is 0 Å². The highest BCUT2D eigenvalue weighted by molar-refractivity contribution is 5.46. The average molecular weight is 237 g/mol. The number of rotatable bonds is 3. The summed E-state index contributed by atoms with van der Waals surface area (Å²) in [6.07, 6.45) is -0.535. The van der Waals surface area contributed by atoms with Gasteiger partial charge in [-0.15, -0.1) is 0 Å². The van der Waals surface area contributed by atoms with Gasteiger partial charge in [-0.25, -0.2) is 8.78 Å². The van der Waals surface area contributed by atoms with Gasteiger partial charge in [0.25, 0.3) is 5.92 Å². The van der Waals surface area contributed by atoms with Crippen LogP contribution in [0.15, 0.2) is 6.07 Å². The van der Waals surface area contributed by atoms with Crippen molar-refractivity contribution in [1.82, 2.24) is 0 Å². The molecule has 0 saturated carbocycles. The molecule has 1 rings (SSSR count). The van der Waals surface area contributed by atoms with Crippen LogP contribution >= 0.6 is 0 Å². The van der Waals surface area contributed by atoms with Gasteiger partial charge in [0.2, 0.25) is 0 Å². The first-order valence-electron chi connectivity index (χ1n) is 5.64. The molecular weight excluding hydrogens is 220 g/mol. The SMILES string of the molecule is Cc1cc(C)c(C)c(C(F)(F)CCC#N)c1C. The number of aryl methyl sites for hydroxylation is 2. The Morgan fingerprint density at radius 1 is 1.12 bits per heavy atom. The lowest BCUT2D eigenvalue weighted by atomic mass is 9.89. The van der Waals surface area contributed by atoms with Crippen LogP contribution in [0.2, 0.25) is 0 Å². The molecule has 1 nitrogen and oxygen atoms in total. The lowest BCUT2D eigenvalue weighted by molar-refractivity contribution is -0.0132. The standard InChI is InChI=1S/C14H17F2N/c1-9-8-10(2)12(4)13(11(9)3)14(15,16)6-5-7-17/h8H,5-6H2,1-4H3. The number of halogens is 2. The maximum atomic E-state index is 14.1. The van der Waals surface area contributed by atoms with E-state index in [-0.39, 0.29) is 12.0 Å². The van der Waals surface area contributed by atoms with Crippen molar-refractivity contribution in [1.29, 1.82) is 5.26 Å². The van der Waals surface area contributed by atoms with Crippen molar-refractivity contribution in [3.8, 4) is 6.07 Å².